The molecule has 4 rings (SSSR count). The van der Waals surface area contributed by atoms with Gasteiger partial charge >= 0.3 is 0 Å². The molecule has 0 spiro atoms. The lowest BCUT2D eigenvalue weighted by Crippen LogP contribution is -2.19. The van der Waals surface area contributed by atoms with Crippen LogP contribution >= 0.6 is 0 Å². The lowest BCUT2D eigenvalue weighted by Gasteiger charge is -2.11. The van der Waals surface area contributed by atoms with E-state index in [4.69, 9.17) is 4.52 Å². The molecule has 0 aliphatic carbocycles. The number of carbonyl (C=O) groups is 1. The summed E-state index contributed by atoms with van der Waals surface area (Å²) in [5, 5.41) is 7.91. The second kappa shape index (κ2) is 6.84. The second-order valence-corrected chi connectivity index (χ2v) is 6.12. The predicted octanol–water partition coefficient (Wildman–Crippen LogP) is 3.56. The van der Waals surface area contributed by atoms with E-state index in [9.17, 15) is 4.79 Å². The second-order valence-electron chi connectivity index (χ2n) is 6.12. The fourth-order valence-electron chi connectivity index (χ4n) is 2.99. The number of fused-ring (bicyclic) bond motifs is 1. The summed E-state index contributed by atoms with van der Waals surface area (Å²) in [6.45, 7) is 2.03. The highest BCUT2D eigenvalue weighted by molar-refractivity contribution is 5.92. The Morgan fingerprint density at radius 2 is 1.92 bits per heavy atom. The van der Waals surface area contributed by atoms with Crippen molar-refractivity contribution in [3.05, 3.63) is 78.1 Å². The number of nitrogens with one attached hydrogen (secondary N) is 1. The van der Waals surface area contributed by atoms with Crippen LogP contribution in [0, 0.1) is 6.92 Å². The molecule has 0 fully saturated rings. The third-order valence-corrected chi connectivity index (χ3v) is 4.20. The largest absolute Gasteiger partial charge is 0.339 e. The molecule has 0 saturated carbocycles. The topological polar surface area (TPSA) is 73.0 Å². The summed E-state index contributed by atoms with van der Waals surface area (Å²) in [5.41, 5.74) is 2.73. The molecule has 0 aliphatic heterocycles. The van der Waals surface area contributed by atoms with Crippen LogP contribution in [0.4, 0.5) is 5.69 Å². The number of aromatic nitrogens is 3. The Morgan fingerprint density at radius 3 is 2.77 bits per heavy atom. The fraction of sp³-hybridized carbons (Fsp3) is 0.150. The standard InChI is InChI=1S/C20H18N4O2/c1-14-21-20(26-23-14)12-16-7-2-4-8-17(16)22-19(25)13-24-11-10-15-6-3-5-9-18(15)24/h2-11H,12-13H2,1H3,(H,22,25). The van der Waals surface area contributed by atoms with Gasteiger partial charge in [0.25, 0.3) is 0 Å². The van der Waals surface area contributed by atoms with E-state index < -0.39 is 0 Å². The maximum Gasteiger partial charge on any atom is 0.244 e. The van der Waals surface area contributed by atoms with Gasteiger partial charge in [0.05, 0.1) is 6.42 Å². The van der Waals surface area contributed by atoms with Crippen molar-refractivity contribution < 1.29 is 9.32 Å². The summed E-state index contributed by atoms with van der Waals surface area (Å²) in [7, 11) is 0. The lowest BCUT2D eigenvalue weighted by atomic mass is 10.1. The molecule has 6 nitrogen and oxygen atoms in total. The number of carbonyl (C=O) groups excluding carboxylic acids is 1. The highest BCUT2D eigenvalue weighted by Gasteiger charge is 2.11. The SMILES string of the molecule is Cc1noc(Cc2ccccc2NC(=O)Cn2ccc3ccccc32)n1. The molecule has 4 aromatic rings. The van der Waals surface area contributed by atoms with Crippen molar-refractivity contribution >= 4 is 22.5 Å². The Hall–Kier alpha value is -3.41. The summed E-state index contributed by atoms with van der Waals surface area (Å²) < 4.78 is 7.12. The van der Waals surface area contributed by atoms with Crippen molar-refractivity contribution in [2.45, 2.75) is 19.9 Å². The van der Waals surface area contributed by atoms with Gasteiger partial charge in [-0.15, -0.1) is 0 Å². The van der Waals surface area contributed by atoms with Gasteiger partial charge in [-0.2, -0.15) is 4.98 Å². The maximum absolute atomic E-state index is 12.5. The van der Waals surface area contributed by atoms with E-state index in [0.29, 0.717) is 18.1 Å². The van der Waals surface area contributed by atoms with Gasteiger partial charge in [-0.3, -0.25) is 4.79 Å². The summed E-state index contributed by atoms with van der Waals surface area (Å²) in [6.07, 6.45) is 2.40. The molecule has 0 bridgehead atoms. The molecule has 0 saturated heterocycles. The Labute approximate surface area is 150 Å². The van der Waals surface area contributed by atoms with E-state index in [1.807, 2.05) is 65.4 Å². The van der Waals surface area contributed by atoms with Gasteiger partial charge in [0.1, 0.15) is 6.54 Å². The van der Waals surface area contributed by atoms with E-state index in [1.54, 1.807) is 6.92 Å². The number of hydrogen-bond donors (Lipinski definition) is 1. The number of amides is 1. The first-order chi connectivity index (χ1) is 12.7. The highest BCUT2D eigenvalue weighted by Crippen LogP contribution is 2.19. The number of nitrogens with zero attached hydrogens (tertiary/aromatic N) is 3. The van der Waals surface area contributed by atoms with Crippen molar-refractivity contribution in [1.82, 2.24) is 14.7 Å². The zero-order valence-electron chi connectivity index (χ0n) is 14.3. The zero-order valence-corrected chi connectivity index (χ0v) is 14.3. The van der Waals surface area contributed by atoms with E-state index in [-0.39, 0.29) is 12.5 Å². The average molecular weight is 346 g/mol. The molecule has 0 radical (unpaired) electrons. The third kappa shape index (κ3) is 3.35. The van der Waals surface area contributed by atoms with Gasteiger partial charge < -0.3 is 14.4 Å². The van der Waals surface area contributed by atoms with Gasteiger partial charge in [-0.1, -0.05) is 41.6 Å². The molecule has 2 aromatic carbocycles. The van der Waals surface area contributed by atoms with Crippen molar-refractivity contribution in [3.8, 4) is 0 Å². The monoisotopic (exact) mass is 346 g/mol. The molecule has 2 heterocycles. The Bertz CT molecular complexity index is 1060. The van der Waals surface area contributed by atoms with Gasteiger partial charge in [0.15, 0.2) is 5.82 Å². The predicted molar refractivity (Wildman–Crippen MR) is 98.9 cm³/mol. The van der Waals surface area contributed by atoms with Gasteiger partial charge in [0.2, 0.25) is 11.8 Å². The molecule has 0 atom stereocenters. The summed E-state index contributed by atoms with van der Waals surface area (Å²) in [6, 6.07) is 17.6. The number of benzene rings is 2. The maximum atomic E-state index is 12.5. The van der Waals surface area contributed by atoms with E-state index in [0.717, 1.165) is 22.2 Å². The molecule has 26 heavy (non-hydrogen) atoms. The lowest BCUT2D eigenvalue weighted by molar-refractivity contribution is -0.116. The van der Waals surface area contributed by atoms with Gasteiger partial charge in [0, 0.05) is 17.4 Å². The van der Waals surface area contributed by atoms with Crippen LogP contribution in [-0.4, -0.2) is 20.6 Å². The van der Waals surface area contributed by atoms with E-state index >= 15 is 0 Å². The zero-order chi connectivity index (χ0) is 17.9. The number of rotatable bonds is 5. The molecular weight excluding hydrogens is 328 g/mol. The molecule has 6 heteroatoms. The number of aryl methyl sites for hydroxylation is 1. The Balaban J connectivity index is 1.51. The summed E-state index contributed by atoms with van der Waals surface area (Å²) >= 11 is 0. The van der Waals surface area contributed by atoms with Crippen LogP contribution in [0.15, 0.2) is 65.3 Å². The van der Waals surface area contributed by atoms with Crippen molar-refractivity contribution in [2.75, 3.05) is 5.32 Å². The first kappa shape index (κ1) is 16.1. The molecule has 130 valence electrons. The van der Waals surface area contributed by atoms with Crippen molar-refractivity contribution in [3.63, 3.8) is 0 Å². The van der Waals surface area contributed by atoms with Crippen LogP contribution < -0.4 is 5.32 Å². The minimum Gasteiger partial charge on any atom is -0.339 e. The van der Waals surface area contributed by atoms with Crippen molar-refractivity contribution in [2.24, 2.45) is 0 Å². The van der Waals surface area contributed by atoms with Crippen LogP contribution in [0.2, 0.25) is 0 Å². The highest BCUT2D eigenvalue weighted by atomic mass is 16.5. The van der Waals surface area contributed by atoms with E-state index in [1.165, 1.54) is 0 Å². The van der Waals surface area contributed by atoms with Crippen LogP contribution in [0.25, 0.3) is 10.9 Å². The number of anilines is 1. The fourth-order valence-corrected chi connectivity index (χ4v) is 2.99. The Kier molecular flexibility index (Phi) is 4.23. The number of para-hydroxylation sites is 2. The number of hydrogen-bond acceptors (Lipinski definition) is 4. The molecule has 0 unspecified atom stereocenters. The molecule has 0 aliphatic rings. The smallest absolute Gasteiger partial charge is 0.244 e. The van der Waals surface area contributed by atoms with Gasteiger partial charge in [-0.05, 0) is 36.1 Å². The van der Waals surface area contributed by atoms with Crippen LogP contribution in [0.5, 0.6) is 0 Å². The molecule has 1 N–H and O–H groups in total. The molecular formula is C20H18N4O2. The minimum atomic E-state index is -0.0829. The summed E-state index contributed by atoms with van der Waals surface area (Å²) in [5.74, 6) is 1.04. The summed E-state index contributed by atoms with van der Waals surface area (Å²) in [4.78, 5) is 16.8. The van der Waals surface area contributed by atoms with Gasteiger partial charge in [-0.25, -0.2) is 0 Å². The van der Waals surface area contributed by atoms with Crippen molar-refractivity contribution in [1.29, 1.82) is 0 Å². The van der Waals surface area contributed by atoms with E-state index in [2.05, 4.69) is 15.5 Å². The van der Waals surface area contributed by atoms with Crippen LogP contribution in [0.1, 0.15) is 17.3 Å². The Morgan fingerprint density at radius 1 is 1.12 bits per heavy atom. The molecule has 1 amide bonds. The third-order valence-electron chi connectivity index (χ3n) is 4.20. The minimum absolute atomic E-state index is 0.0829. The van der Waals surface area contributed by atoms with Crippen LogP contribution in [0.3, 0.4) is 0 Å². The normalized spacial score (nSPS) is 11.0. The quantitative estimate of drug-likeness (QED) is 0.600. The first-order valence-corrected chi connectivity index (χ1v) is 8.40. The molecule has 2 aromatic heterocycles. The average Bonchev–Trinajstić information content (AvgIpc) is 3.23. The first-order valence-electron chi connectivity index (χ1n) is 8.40. The van der Waals surface area contributed by atoms with Crippen LogP contribution in [-0.2, 0) is 17.8 Å².